The van der Waals surface area contributed by atoms with Gasteiger partial charge < -0.3 is 14.8 Å². The van der Waals surface area contributed by atoms with Crippen LogP contribution in [0.25, 0.3) is 11.3 Å². The second-order valence-corrected chi connectivity index (χ2v) is 7.26. The van der Waals surface area contributed by atoms with Gasteiger partial charge in [0.15, 0.2) is 11.5 Å². The van der Waals surface area contributed by atoms with E-state index in [2.05, 4.69) is 15.4 Å². The first kappa shape index (κ1) is 23.4. The smallest absolute Gasteiger partial charge is 0.433 e. The van der Waals surface area contributed by atoms with Gasteiger partial charge in [-0.05, 0) is 24.3 Å². The molecule has 1 amide bonds. The molecule has 0 saturated carbocycles. The molecule has 3 heterocycles. The fourth-order valence-corrected chi connectivity index (χ4v) is 3.48. The summed E-state index contributed by atoms with van der Waals surface area (Å²) in [6.07, 6.45) is -8.53. The number of aryl methyl sites for hydroxylation is 1. The van der Waals surface area contributed by atoms with Crippen molar-refractivity contribution in [2.75, 3.05) is 18.5 Å². The Morgan fingerprint density at radius 3 is 2.50 bits per heavy atom. The maximum Gasteiger partial charge on any atom is 0.433 e. The summed E-state index contributed by atoms with van der Waals surface area (Å²) in [6.45, 7) is 0.513. The molecule has 0 saturated heterocycles. The Labute approximate surface area is 188 Å². The van der Waals surface area contributed by atoms with E-state index in [-0.39, 0.29) is 29.4 Å². The number of carbonyl (C=O) groups is 1. The van der Waals surface area contributed by atoms with Crippen LogP contribution in [0.5, 0.6) is 11.5 Å². The summed E-state index contributed by atoms with van der Waals surface area (Å²) in [7, 11) is 1.13. The number of nitrogens with zero attached hydrogens (tertiary/aromatic N) is 3. The predicted octanol–water partition coefficient (Wildman–Crippen LogP) is 4.93. The molecule has 3 aromatic rings. The Morgan fingerprint density at radius 2 is 1.79 bits per heavy atom. The fraction of sp³-hybridized carbons (Fsp3) is 0.286. The average molecular weight is 486 g/mol. The van der Waals surface area contributed by atoms with Crippen LogP contribution in [0.4, 0.5) is 32.0 Å². The van der Waals surface area contributed by atoms with E-state index in [9.17, 15) is 31.1 Å². The molecule has 34 heavy (non-hydrogen) atoms. The minimum absolute atomic E-state index is 0.0374. The summed E-state index contributed by atoms with van der Waals surface area (Å²) < 4.78 is 93.1. The molecule has 2 aromatic heterocycles. The molecule has 0 aliphatic carbocycles. The van der Waals surface area contributed by atoms with Crippen LogP contribution in [-0.2, 0) is 19.4 Å². The largest absolute Gasteiger partial charge is 0.490 e. The van der Waals surface area contributed by atoms with E-state index in [0.717, 1.165) is 24.0 Å². The van der Waals surface area contributed by atoms with Gasteiger partial charge in [-0.3, -0.25) is 14.5 Å². The molecule has 1 aliphatic heterocycles. The van der Waals surface area contributed by atoms with E-state index in [1.807, 2.05) is 0 Å². The van der Waals surface area contributed by atoms with Crippen LogP contribution in [0.15, 0.2) is 36.5 Å². The molecule has 0 fully saturated rings. The number of para-hydroxylation sites is 1. The minimum atomic E-state index is -5.03. The number of pyridine rings is 1. The lowest BCUT2D eigenvalue weighted by Crippen LogP contribution is -2.21. The summed E-state index contributed by atoms with van der Waals surface area (Å²) >= 11 is 0. The molecular weight excluding hydrogens is 470 g/mol. The first-order valence-electron chi connectivity index (χ1n) is 9.84. The average Bonchev–Trinajstić information content (AvgIpc) is 2.94. The van der Waals surface area contributed by atoms with Gasteiger partial charge in [-0.15, -0.1) is 0 Å². The van der Waals surface area contributed by atoms with Gasteiger partial charge in [0, 0.05) is 30.9 Å². The Kier molecular flexibility index (Phi) is 5.87. The highest BCUT2D eigenvalue weighted by atomic mass is 19.4. The van der Waals surface area contributed by atoms with Crippen LogP contribution < -0.4 is 14.8 Å². The molecule has 0 unspecified atom stereocenters. The number of nitrogens with one attached hydrogen (secondary N) is 1. The first-order chi connectivity index (χ1) is 16.0. The third-order valence-corrected chi connectivity index (χ3v) is 4.88. The number of anilines is 1. The maximum atomic E-state index is 14.2. The molecule has 13 heteroatoms. The lowest BCUT2D eigenvalue weighted by molar-refractivity contribution is -0.141. The lowest BCUT2D eigenvalue weighted by Gasteiger charge is -2.14. The van der Waals surface area contributed by atoms with E-state index >= 15 is 0 Å². The van der Waals surface area contributed by atoms with Gasteiger partial charge in [-0.25, -0.2) is 0 Å². The quantitative estimate of drug-likeness (QED) is 0.531. The summed E-state index contributed by atoms with van der Waals surface area (Å²) in [5, 5.41) is 5.98. The zero-order chi connectivity index (χ0) is 24.7. The van der Waals surface area contributed by atoms with Crippen molar-refractivity contribution in [3.63, 3.8) is 0 Å². The molecule has 7 nitrogen and oxygen atoms in total. The third kappa shape index (κ3) is 4.50. The Balaban J connectivity index is 1.80. The molecule has 0 spiro atoms. The van der Waals surface area contributed by atoms with Crippen LogP contribution in [0.2, 0.25) is 0 Å². The molecular formula is C21H16F6N4O3. The summed E-state index contributed by atoms with van der Waals surface area (Å²) in [6, 6.07) is 5.90. The van der Waals surface area contributed by atoms with E-state index in [0.29, 0.717) is 19.1 Å². The van der Waals surface area contributed by atoms with Crippen LogP contribution in [-0.4, -0.2) is 33.9 Å². The van der Waals surface area contributed by atoms with E-state index in [1.54, 1.807) is 0 Å². The number of amides is 1. The number of carbonyl (C=O) groups excluding carboxylic acids is 1. The maximum absolute atomic E-state index is 14.2. The summed E-state index contributed by atoms with van der Waals surface area (Å²) in [5.74, 6) is -1.01. The number of hydrogen-bond donors (Lipinski definition) is 1. The Bertz CT molecular complexity index is 1240. The van der Waals surface area contributed by atoms with Gasteiger partial charge in [0.25, 0.3) is 5.91 Å². The number of benzene rings is 1. The predicted molar refractivity (Wildman–Crippen MR) is 106 cm³/mol. The van der Waals surface area contributed by atoms with Crippen molar-refractivity contribution in [3.8, 4) is 22.8 Å². The highest BCUT2D eigenvalue weighted by Crippen LogP contribution is 2.45. The van der Waals surface area contributed by atoms with Crippen molar-refractivity contribution < 1.29 is 40.6 Å². The van der Waals surface area contributed by atoms with Crippen molar-refractivity contribution in [3.05, 3.63) is 53.5 Å². The second kappa shape index (κ2) is 8.54. The fourth-order valence-electron chi connectivity index (χ4n) is 3.48. The van der Waals surface area contributed by atoms with E-state index in [1.165, 1.54) is 18.2 Å². The number of hydrogen-bond acceptors (Lipinski definition) is 5. The molecule has 1 aromatic carbocycles. The van der Waals surface area contributed by atoms with Crippen LogP contribution >= 0.6 is 0 Å². The number of alkyl halides is 6. The highest BCUT2D eigenvalue weighted by molar-refractivity contribution is 6.05. The topological polar surface area (TPSA) is 78.3 Å². The number of ether oxygens (including phenoxy) is 2. The number of fused-ring (bicyclic) bond motifs is 1. The van der Waals surface area contributed by atoms with Gasteiger partial charge >= 0.3 is 12.4 Å². The Hall–Kier alpha value is -3.77. The molecule has 4 rings (SSSR count). The van der Waals surface area contributed by atoms with Gasteiger partial charge in [0.05, 0.1) is 13.2 Å². The van der Waals surface area contributed by atoms with E-state index in [4.69, 9.17) is 9.47 Å². The number of rotatable bonds is 3. The van der Waals surface area contributed by atoms with Gasteiger partial charge in [0.1, 0.15) is 22.6 Å². The van der Waals surface area contributed by atoms with Gasteiger partial charge in [0.2, 0.25) is 0 Å². The molecule has 0 atom stereocenters. The summed E-state index contributed by atoms with van der Waals surface area (Å²) in [4.78, 5) is 16.0. The molecule has 180 valence electrons. The van der Waals surface area contributed by atoms with Crippen molar-refractivity contribution in [1.82, 2.24) is 14.8 Å². The highest BCUT2D eigenvalue weighted by Gasteiger charge is 2.43. The zero-order valence-electron chi connectivity index (χ0n) is 17.4. The first-order valence-corrected chi connectivity index (χ1v) is 9.84. The van der Waals surface area contributed by atoms with Crippen LogP contribution in [0.3, 0.4) is 0 Å². The molecule has 0 radical (unpaired) electrons. The summed E-state index contributed by atoms with van der Waals surface area (Å²) in [5.41, 5.74) is -4.55. The third-order valence-electron chi connectivity index (χ3n) is 4.88. The molecule has 0 bridgehead atoms. The monoisotopic (exact) mass is 486 g/mol. The van der Waals surface area contributed by atoms with Gasteiger partial charge in [-0.2, -0.15) is 31.4 Å². The van der Waals surface area contributed by atoms with Crippen molar-refractivity contribution >= 4 is 11.6 Å². The normalized spacial score (nSPS) is 14.0. The second-order valence-electron chi connectivity index (χ2n) is 7.26. The van der Waals surface area contributed by atoms with Crippen molar-refractivity contribution in [1.29, 1.82) is 0 Å². The van der Waals surface area contributed by atoms with Crippen LogP contribution in [0.1, 0.15) is 28.2 Å². The Morgan fingerprint density at radius 1 is 1.06 bits per heavy atom. The zero-order valence-corrected chi connectivity index (χ0v) is 17.4. The van der Waals surface area contributed by atoms with Crippen molar-refractivity contribution in [2.45, 2.75) is 18.8 Å². The molecule has 1 aliphatic rings. The van der Waals surface area contributed by atoms with Crippen LogP contribution in [0, 0.1) is 0 Å². The SMILES string of the molecule is Cn1nc(-c2cccc3c2OCCCO3)c(C(F)(F)F)c1C(=O)Nc1ccnc(C(F)(F)F)c1. The number of aromatic nitrogens is 3. The van der Waals surface area contributed by atoms with E-state index < -0.39 is 40.9 Å². The molecule has 1 N–H and O–H groups in total. The minimum Gasteiger partial charge on any atom is -0.490 e. The standard InChI is InChI=1S/C21H16F6N4O3/c1-31-17(19(32)29-11-6-7-28-14(10-11)20(22,23)24)15(21(25,26)27)16(30-31)12-4-2-5-13-18(12)34-9-3-8-33-13/h2,4-7,10H,3,8-9H2,1H3,(H,28,29,32). The van der Waals surface area contributed by atoms with Crippen molar-refractivity contribution in [2.24, 2.45) is 7.05 Å². The number of halogens is 6. The lowest BCUT2D eigenvalue weighted by atomic mass is 10.0. The van der Waals surface area contributed by atoms with Gasteiger partial charge in [-0.1, -0.05) is 6.07 Å².